The van der Waals surface area contributed by atoms with E-state index in [1.54, 1.807) is 12.1 Å². The third-order valence-electron chi connectivity index (χ3n) is 4.37. The van der Waals surface area contributed by atoms with Crippen molar-refractivity contribution >= 4 is 17.7 Å². The zero-order valence-electron chi connectivity index (χ0n) is 15.3. The molecule has 0 fully saturated rings. The lowest BCUT2D eigenvalue weighted by molar-refractivity contribution is 0.505. The Kier molecular flexibility index (Phi) is 4.42. The van der Waals surface area contributed by atoms with Gasteiger partial charge in [-0.05, 0) is 43.7 Å². The standard InChI is InChI=1S/C22H20N4O/c1-16(2)26-21(27)14-13-19(24-26)22-18(12-11-17-8-4-3-5-9-17)23-25-15-7-6-10-20(22)25/h3-16H,1-2H3. The topological polar surface area (TPSA) is 52.2 Å². The molecule has 0 saturated heterocycles. The van der Waals surface area contributed by atoms with Gasteiger partial charge in [-0.15, -0.1) is 0 Å². The molecule has 0 aliphatic carbocycles. The summed E-state index contributed by atoms with van der Waals surface area (Å²) in [7, 11) is 0. The van der Waals surface area contributed by atoms with Crippen LogP contribution in [0.1, 0.15) is 31.1 Å². The van der Waals surface area contributed by atoms with Crippen LogP contribution < -0.4 is 5.56 Å². The van der Waals surface area contributed by atoms with Gasteiger partial charge in [0.1, 0.15) is 0 Å². The number of pyridine rings is 1. The lowest BCUT2D eigenvalue weighted by Gasteiger charge is -2.09. The first-order chi connectivity index (χ1) is 13.1. The lowest BCUT2D eigenvalue weighted by Crippen LogP contribution is -2.23. The van der Waals surface area contributed by atoms with Crippen LogP contribution in [0, 0.1) is 0 Å². The van der Waals surface area contributed by atoms with Crippen molar-refractivity contribution < 1.29 is 0 Å². The second-order valence-corrected chi connectivity index (χ2v) is 6.63. The second-order valence-electron chi connectivity index (χ2n) is 6.63. The van der Waals surface area contributed by atoms with Crippen molar-refractivity contribution in [2.75, 3.05) is 0 Å². The molecule has 0 aliphatic heterocycles. The molecular weight excluding hydrogens is 336 g/mol. The van der Waals surface area contributed by atoms with Crippen molar-refractivity contribution in [1.29, 1.82) is 0 Å². The fraction of sp³-hybridized carbons (Fsp3) is 0.136. The molecule has 5 nitrogen and oxygen atoms in total. The number of nitrogens with zero attached hydrogens (tertiary/aromatic N) is 4. The highest BCUT2D eigenvalue weighted by Crippen LogP contribution is 2.28. The molecule has 0 aliphatic rings. The summed E-state index contributed by atoms with van der Waals surface area (Å²) < 4.78 is 3.35. The molecule has 4 aromatic rings. The molecule has 0 atom stereocenters. The van der Waals surface area contributed by atoms with E-state index in [0.29, 0.717) is 0 Å². The lowest BCUT2D eigenvalue weighted by atomic mass is 10.1. The molecular formula is C22H20N4O. The minimum absolute atomic E-state index is 0.0115. The molecule has 0 N–H and O–H groups in total. The van der Waals surface area contributed by atoms with Crippen LogP contribution in [0.5, 0.6) is 0 Å². The molecule has 0 bridgehead atoms. The van der Waals surface area contributed by atoms with Gasteiger partial charge in [0.2, 0.25) is 0 Å². The van der Waals surface area contributed by atoms with E-state index in [1.165, 1.54) is 4.68 Å². The highest BCUT2D eigenvalue weighted by atomic mass is 16.1. The van der Waals surface area contributed by atoms with E-state index in [1.807, 2.05) is 85.2 Å². The average molecular weight is 356 g/mol. The normalized spacial score (nSPS) is 11.7. The minimum atomic E-state index is -0.105. The Morgan fingerprint density at radius 1 is 0.889 bits per heavy atom. The van der Waals surface area contributed by atoms with E-state index >= 15 is 0 Å². The number of rotatable bonds is 4. The van der Waals surface area contributed by atoms with Crippen LogP contribution in [-0.4, -0.2) is 19.4 Å². The van der Waals surface area contributed by atoms with Crippen molar-refractivity contribution in [3.8, 4) is 11.3 Å². The molecule has 5 heteroatoms. The second kappa shape index (κ2) is 7.03. The smallest absolute Gasteiger partial charge is 0.267 e. The predicted octanol–water partition coefficient (Wildman–Crippen LogP) is 4.31. The molecule has 0 saturated carbocycles. The summed E-state index contributed by atoms with van der Waals surface area (Å²) in [5.74, 6) is 0. The van der Waals surface area contributed by atoms with Crippen LogP contribution in [0.2, 0.25) is 0 Å². The number of hydrogen-bond donors (Lipinski definition) is 0. The summed E-state index contributed by atoms with van der Waals surface area (Å²) in [5.41, 5.74) is 4.40. The largest absolute Gasteiger partial charge is 0.268 e. The van der Waals surface area contributed by atoms with Gasteiger partial charge in [-0.25, -0.2) is 9.20 Å². The quantitative estimate of drug-likeness (QED) is 0.547. The molecule has 0 spiro atoms. The van der Waals surface area contributed by atoms with Crippen LogP contribution in [0.4, 0.5) is 0 Å². The fourth-order valence-corrected chi connectivity index (χ4v) is 3.06. The van der Waals surface area contributed by atoms with Crippen LogP contribution >= 0.6 is 0 Å². The van der Waals surface area contributed by atoms with Crippen molar-refractivity contribution in [3.05, 3.63) is 88.5 Å². The van der Waals surface area contributed by atoms with Crippen LogP contribution in [0.3, 0.4) is 0 Å². The molecule has 0 amide bonds. The van der Waals surface area contributed by atoms with E-state index in [-0.39, 0.29) is 11.6 Å². The monoisotopic (exact) mass is 356 g/mol. The summed E-state index contributed by atoms with van der Waals surface area (Å²) >= 11 is 0. The first-order valence-corrected chi connectivity index (χ1v) is 8.94. The van der Waals surface area contributed by atoms with Gasteiger partial charge in [0.05, 0.1) is 28.5 Å². The summed E-state index contributed by atoms with van der Waals surface area (Å²) in [6.45, 7) is 3.90. The van der Waals surface area contributed by atoms with Crippen LogP contribution in [-0.2, 0) is 0 Å². The van der Waals surface area contributed by atoms with Gasteiger partial charge in [-0.1, -0.05) is 42.5 Å². The van der Waals surface area contributed by atoms with Crippen molar-refractivity contribution in [2.24, 2.45) is 0 Å². The van der Waals surface area contributed by atoms with Crippen LogP contribution in [0.15, 0.2) is 71.7 Å². The average Bonchev–Trinajstić information content (AvgIpc) is 3.06. The Hall–Kier alpha value is -3.47. The molecule has 4 rings (SSSR count). The SMILES string of the molecule is CC(C)n1nc(-c2c(C=Cc3ccccc3)nn3ccccc23)ccc1=O. The van der Waals surface area contributed by atoms with Gasteiger partial charge in [-0.2, -0.15) is 10.2 Å². The number of aromatic nitrogens is 4. The third-order valence-corrected chi connectivity index (χ3v) is 4.37. The third kappa shape index (κ3) is 3.31. The maximum atomic E-state index is 12.1. The Morgan fingerprint density at radius 3 is 2.44 bits per heavy atom. The van der Waals surface area contributed by atoms with Gasteiger partial charge >= 0.3 is 0 Å². The molecule has 1 aromatic carbocycles. The number of hydrogen-bond acceptors (Lipinski definition) is 3. The van der Waals surface area contributed by atoms with Gasteiger partial charge in [0, 0.05) is 12.3 Å². The van der Waals surface area contributed by atoms with E-state index < -0.39 is 0 Å². The zero-order chi connectivity index (χ0) is 18.8. The summed E-state index contributed by atoms with van der Waals surface area (Å²) in [6.07, 6.45) is 5.94. The predicted molar refractivity (Wildman–Crippen MR) is 108 cm³/mol. The summed E-state index contributed by atoms with van der Waals surface area (Å²) in [5, 5.41) is 9.30. The minimum Gasteiger partial charge on any atom is -0.268 e. The van der Waals surface area contributed by atoms with Gasteiger partial charge in [-0.3, -0.25) is 4.79 Å². The zero-order valence-corrected chi connectivity index (χ0v) is 15.3. The maximum absolute atomic E-state index is 12.1. The van der Waals surface area contributed by atoms with E-state index in [4.69, 9.17) is 5.10 Å². The molecule has 3 heterocycles. The molecule has 0 unspecified atom stereocenters. The number of fused-ring (bicyclic) bond motifs is 1. The maximum Gasteiger partial charge on any atom is 0.267 e. The molecule has 27 heavy (non-hydrogen) atoms. The van der Waals surface area contributed by atoms with E-state index in [2.05, 4.69) is 5.10 Å². The van der Waals surface area contributed by atoms with Crippen molar-refractivity contribution in [1.82, 2.24) is 19.4 Å². The molecule has 0 radical (unpaired) electrons. The van der Waals surface area contributed by atoms with Gasteiger partial charge < -0.3 is 0 Å². The fourth-order valence-electron chi connectivity index (χ4n) is 3.06. The Bertz CT molecular complexity index is 1170. The first-order valence-electron chi connectivity index (χ1n) is 8.94. The van der Waals surface area contributed by atoms with Crippen LogP contribution in [0.25, 0.3) is 28.9 Å². The molecule has 3 aromatic heterocycles. The van der Waals surface area contributed by atoms with Crippen molar-refractivity contribution in [2.45, 2.75) is 19.9 Å². The Labute approximate surface area is 157 Å². The van der Waals surface area contributed by atoms with Gasteiger partial charge in [0.25, 0.3) is 5.56 Å². The molecule has 134 valence electrons. The Balaban J connectivity index is 1.90. The Morgan fingerprint density at radius 2 is 1.67 bits per heavy atom. The van der Waals surface area contributed by atoms with E-state index in [0.717, 1.165) is 28.0 Å². The summed E-state index contributed by atoms with van der Waals surface area (Å²) in [4.78, 5) is 12.1. The summed E-state index contributed by atoms with van der Waals surface area (Å²) in [6, 6.07) is 19.3. The number of benzene rings is 1. The van der Waals surface area contributed by atoms with Gasteiger partial charge in [0.15, 0.2) is 0 Å². The first kappa shape index (κ1) is 17.0. The highest BCUT2D eigenvalue weighted by Gasteiger charge is 2.15. The highest BCUT2D eigenvalue weighted by molar-refractivity contribution is 5.87. The van der Waals surface area contributed by atoms with Crippen molar-refractivity contribution in [3.63, 3.8) is 0 Å². The van der Waals surface area contributed by atoms with E-state index in [9.17, 15) is 4.79 Å².